The van der Waals surface area contributed by atoms with Crippen molar-refractivity contribution in [1.82, 2.24) is 4.90 Å². The molecule has 0 radical (unpaired) electrons. The summed E-state index contributed by atoms with van der Waals surface area (Å²) in [7, 11) is 4.53. The first-order valence-corrected chi connectivity index (χ1v) is 8.74. The number of carbonyl (C=O) groups excluding carboxylic acids is 2. The van der Waals surface area contributed by atoms with Crippen molar-refractivity contribution in [2.24, 2.45) is 0 Å². The molecule has 0 bridgehead atoms. The minimum Gasteiger partial charge on any atom is -0.495 e. The molecule has 1 unspecified atom stereocenters. The third-order valence-corrected chi connectivity index (χ3v) is 4.26. The van der Waals surface area contributed by atoms with Crippen LogP contribution in [0.4, 0.5) is 0 Å². The molecule has 7 heteroatoms. The Morgan fingerprint density at radius 3 is 2.43 bits per heavy atom. The number of carboxylic acids is 1. The van der Waals surface area contributed by atoms with Gasteiger partial charge in [0.2, 0.25) is 0 Å². The topological polar surface area (TPSA) is 93.1 Å². The van der Waals surface area contributed by atoms with Crippen LogP contribution in [0, 0.1) is 6.92 Å². The number of aldehydes is 1. The Morgan fingerprint density at radius 2 is 1.93 bits per heavy atom. The number of aryl methyl sites for hydroxylation is 1. The van der Waals surface area contributed by atoms with Crippen molar-refractivity contribution in [2.75, 3.05) is 27.9 Å². The highest BCUT2D eigenvalue weighted by atomic mass is 16.5. The summed E-state index contributed by atoms with van der Waals surface area (Å²) in [4.78, 5) is 36.4. The molecule has 1 atom stereocenters. The number of ether oxygens (including phenoxy) is 2. The Labute approximate surface area is 165 Å². The molecule has 152 valence electrons. The Bertz CT molecular complexity index is 781. The summed E-state index contributed by atoms with van der Waals surface area (Å²) in [5, 5.41) is 9.49. The van der Waals surface area contributed by atoms with Gasteiger partial charge in [0.1, 0.15) is 18.1 Å². The first-order valence-electron chi connectivity index (χ1n) is 8.74. The third-order valence-electron chi connectivity index (χ3n) is 4.26. The Hall–Kier alpha value is -2.93. The average molecular weight is 389 g/mol. The number of rotatable bonds is 11. The first kappa shape index (κ1) is 23.1. The monoisotopic (exact) mass is 389 g/mol. The van der Waals surface area contributed by atoms with Crippen molar-refractivity contribution < 1.29 is 29.0 Å². The normalized spacial score (nSPS) is 13.0. The van der Waals surface area contributed by atoms with Crippen molar-refractivity contribution in [3.8, 4) is 0 Å². The average Bonchev–Trinajstić information content (AvgIpc) is 2.64. The number of hydrogen-bond donors (Lipinski definition) is 1. The van der Waals surface area contributed by atoms with Crippen molar-refractivity contribution in [3.63, 3.8) is 0 Å². The van der Waals surface area contributed by atoms with Crippen molar-refractivity contribution in [1.29, 1.82) is 0 Å². The number of likely N-dealkylation sites (N-methyl/N-ethyl adjacent to an activating group) is 1. The molecule has 1 rings (SSSR count). The zero-order valence-corrected chi connectivity index (χ0v) is 16.9. The standard InChI is InChI=1S/C21H27NO6/c1-14-6-7-16(15(2)24)18(12-14)17(8-10-23)20(28-5)13-22(3)19(21(25)26)9-11-27-4/h6-8,10,12-13,19H,9,11H2,1-5H3,(H,25,26)/b17-8-,20-13+. The highest BCUT2D eigenvalue weighted by Gasteiger charge is 2.23. The van der Waals surface area contributed by atoms with Gasteiger partial charge in [0.05, 0.1) is 7.11 Å². The van der Waals surface area contributed by atoms with Gasteiger partial charge in [-0.25, -0.2) is 4.79 Å². The molecule has 0 aliphatic carbocycles. The van der Waals surface area contributed by atoms with Crippen molar-refractivity contribution in [2.45, 2.75) is 26.3 Å². The molecule has 0 amide bonds. The van der Waals surface area contributed by atoms with E-state index >= 15 is 0 Å². The molecule has 0 fully saturated rings. The summed E-state index contributed by atoms with van der Waals surface area (Å²) in [6.07, 6.45) is 3.69. The number of Topliss-reactive ketones (excluding diaryl/α,β-unsaturated/α-hetero) is 1. The van der Waals surface area contributed by atoms with Crippen LogP contribution < -0.4 is 0 Å². The zero-order valence-electron chi connectivity index (χ0n) is 16.9. The van der Waals surface area contributed by atoms with Crippen LogP contribution in [0.5, 0.6) is 0 Å². The van der Waals surface area contributed by atoms with Gasteiger partial charge >= 0.3 is 5.97 Å². The number of aliphatic carboxylic acids is 1. The van der Waals surface area contributed by atoms with E-state index in [2.05, 4.69) is 0 Å². The van der Waals surface area contributed by atoms with E-state index in [1.807, 2.05) is 13.0 Å². The van der Waals surface area contributed by atoms with Crippen LogP contribution in [0.3, 0.4) is 0 Å². The number of carbonyl (C=O) groups is 3. The van der Waals surface area contributed by atoms with E-state index in [1.54, 1.807) is 19.2 Å². The molecule has 0 aliphatic heterocycles. The van der Waals surface area contributed by atoms with Gasteiger partial charge in [-0.1, -0.05) is 23.8 Å². The Morgan fingerprint density at radius 1 is 1.25 bits per heavy atom. The van der Waals surface area contributed by atoms with Crippen LogP contribution in [0.15, 0.2) is 36.2 Å². The maximum Gasteiger partial charge on any atom is 0.326 e. The zero-order chi connectivity index (χ0) is 21.3. The van der Waals surface area contributed by atoms with E-state index in [0.29, 0.717) is 23.0 Å². The number of allylic oxidation sites excluding steroid dienone is 2. The molecular formula is C21H27NO6. The lowest BCUT2D eigenvalue weighted by Gasteiger charge is -2.25. The van der Waals surface area contributed by atoms with Crippen LogP contribution in [0.1, 0.15) is 34.8 Å². The molecule has 1 aromatic carbocycles. The van der Waals surface area contributed by atoms with Gasteiger partial charge < -0.3 is 19.5 Å². The van der Waals surface area contributed by atoms with E-state index in [1.165, 1.54) is 38.3 Å². The van der Waals surface area contributed by atoms with E-state index in [4.69, 9.17) is 9.47 Å². The molecular weight excluding hydrogens is 362 g/mol. The fourth-order valence-electron chi connectivity index (χ4n) is 2.80. The molecule has 28 heavy (non-hydrogen) atoms. The fraction of sp³-hybridized carbons (Fsp3) is 0.381. The van der Waals surface area contributed by atoms with Crippen LogP contribution in [-0.2, 0) is 19.1 Å². The Kier molecular flexibility index (Phi) is 9.11. The molecule has 0 spiro atoms. The second kappa shape index (κ2) is 11.0. The largest absolute Gasteiger partial charge is 0.495 e. The SMILES string of the molecule is COCCC(C(=O)O)N(C)/C=C(OC)\C(=C/C=O)c1cc(C)ccc1C(C)=O. The lowest BCUT2D eigenvalue weighted by atomic mass is 9.94. The maximum atomic E-state index is 12.1. The molecule has 0 saturated heterocycles. The molecule has 0 aliphatic rings. The smallest absolute Gasteiger partial charge is 0.326 e. The van der Waals surface area contributed by atoms with Gasteiger partial charge in [-0.05, 0) is 25.5 Å². The number of nitrogens with zero attached hydrogens (tertiary/aromatic N) is 1. The van der Waals surface area contributed by atoms with Gasteiger partial charge in [-0.2, -0.15) is 0 Å². The number of methoxy groups -OCH3 is 2. The molecule has 7 nitrogen and oxygen atoms in total. The second-order valence-corrected chi connectivity index (χ2v) is 6.32. The van der Waals surface area contributed by atoms with E-state index in [0.717, 1.165) is 5.56 Å². The lowest BCUT2D eigenvalue weighted by Crippen LogP contribution is -2.36. The molecule has 0 saturated carbocycles. The van der Waals surface area contributed by atoms with Gasteiger partial charge in [-0.15, -0.1) is 0 Å². The van der Waals surface area contributed by atoms with Crippen LogP contribution in [-0.4, -0.2) is 62.0 Å². The van der Waals surface area contributed by atoms with Crippen LogP contribution in [0.2, 0.25) is 0 Å². The number of benzene rings is 1. The summed E-state index contributed by atoms with van der Waals surface area (Å²) in [6, 6.07) is 4.46. The minimum absolute atomic E-state index is 0.154. The summed E-state index contributed by atoms with van der Waals surface area (Å²) in [5.74, 6) is -0.891. The van der Waals surface area contributed by atoms with E-state index in [-0.39, 0.29) is 24.6 Å². The number of carboxylic acid groups (broad SMARTS) is 1. The third kappa shape index (κ3) is 6.06. The van der Waals surface area contributed by atoms with Crippen molar-refractivity contribution >= 4 is 23.6 Å². The van der Waals surface area contributed by atoms with E-state index < -0.39 is 12.0 Å². The minimum atomic E-state index is -1.01. The second-order valence-electron chi connectivity index (χ2n) is 6.32. The molecule has 0 aromatic heterocycles. The van der Waals surface area contributed by atoms with Gasteiger partial charge in [0, 0.05) is 44.5 Å². The van der Waals surface area contributed by atoms with E-state index in [9.17, 15) is 19.5 Å². The summed E-state index contributed by atoms with van der Waals surface area (Å²) >= 11 is 0. The van der Waals surface area contributed by atoms with Gasteiger partial charge in [0.15, 0.2) is 5.78 Å². The predicted octanol–water partition coefficient (Wildman–Crippen LogP) is 2.69. The first-order chi connectivity index (χ1) is 13.3. The molecule has 0 heterocycles. The number of ketones is 1. The number of hydrogen-bond acceptors (Lipinski definition) is 6. The summed E-state index contributed by atoms with van der Waals surface area (Å²) in [5.41, 5.74) is 2.29. The van der Waals surface area contributed by atoms with Gasteiger partial charge in [-0.3, -0.25) is 9.59 Å². The molecule has 1 N–H and O–H groups in total. The highest BCUT2D eigenvalue weighted by Crippen LogP contribution is 2.28. The predicted molar refractivity (Wildman–Crippen MR) is 106 cm³/mol. The van der Waals surface area contributed by atoms with Crippen LogP contribution in [0.25, 0.3) is 5.57 Å². The fourth-order valence-corrected chi connectivity index (χ4v) is 2.80. The Balaban J connectivity index is 3.46. The lowest BCUT2D eigenvalue weighted by molar-refractivity contribution is -0.142. The quantitative estimate of drug-likeness (QED) is 0.204. The maximum absolute atomic E-state index is 12.1. The highest BCUT2D eigenvalue weighted by molar-refractivity contribution is 6.02. The van der Waals surface area contributed by atoms with Crippen LogP contribution >= 0.6 is 0 Å². The molecule has 1 aromatic rings. The van der Waals surface area contributed by atoms with Crippen molar-refractivity contribution in [3.05, 3.63) is 52.9 Å². The summed E-state index contributed by atoms with van der Waals surface area (Å²) < 4.78 is 10.4. The van der Waals surface area contributed by atoms with Gasteiger partial charge in [0.25, 0.3) is 0 Å². The summed E-state index contributed by atoms with van der Waals surface area (Å²) in [6.45, 7) is 3.60.